The Morgan fingerprint density at radius 2 is 1.74 bits per heavy atom. The number of Topliss-reactive ketones (excluding diaryl/α,β-unsaturated/α-hetero) is 1. The van der Waals surface area contributed by atoms with Crippen LogP contribution in [-0.2, 0) is 9.59 Å². The van der Waals surface area contributed by atoms with Crippen LogP contribution in [0.4, 0.5) is 0 Å². The van der Waals surface area contributed by atoms with Crippen LogP contribution in [0.15, 0.2) is 48.0 Å². The summed E-state index contributed by atoms with van der Waals surface area (Å²) in [5, 5.41) is 11.1. The van der Waals surface area contributed by atoms with Gasteiger partial charge in [0, 0.05) is 12.1 Å². The van der Waals surface area contributed by atoms with Crippen LogP contribution in [0.25, 0.3) is 5.76 Å². The Labute approximate surface area is 160 Å². The second-order valence-corrected chi connectivity index (χ2v) is 7.23. The van der Waals surface area contributed by atoms with E-state index in [0.717, 1.165) is 28.7 Å². The highest BCUT2D eigenvalue weighted by Crippen LogP contribution is 2.40. The van der Waals surface area contributed by atoms with Crippen LogP contribution in [0.2, 0.25) is 0 Å². The molecule has 4 heteroatoms. The van der Waals surface area contributed by atoms with Gasteiger partial charge in [0.05, 0.1) is 11.6 Å². The summed E-state index contributed by atoms with van der Waals surface area (Å²) in [7, 11) is 0. The molecule has 0 aromatic heterocycles. The van der Waals surface area contributed by atoms with Crippen molar-refractivity contribution in [2.45, 2.75) is 40.2 Å². The molecule has 1 saturated heterocycles. The minimum absolute atomic E-state index is 0.0975. The second kappa shape index (κ2) is 7.39. The average molecular weight is 363 g/mol. The topological polar surface area (TPSA) is 57.6 Å². The number of aliphatic hydroxyl groups is 1. The van der Waals surface area contributed by atoms with Crippen LogP contribution < -0.4 is 0 Å². The van der Waals surface area contributed by atoms with Crippen molar-refractivity contribution >= 4 is 17.4 Å². The highest BCUT2D eigenvalue weighted by Gasteiger charge is 2.45. The normalized spacial score (nSPS) is 19.0. The minimum atomic E-state index is -0.617. The van der Waals surface area contributed by atoms with Crippen molar-refractivity contribution in [2.75, 3.05) is 6.54 Å². The molecule has 1 fully saturated rings. The molecule has 2 aromatic rings. The summed E-state index contributed by atoms with van der Waals surface area (Å²) in [4.78, 5) is 27.1. The number of hydrogen-bond acceptors (Lipinski definition) is 3. The van der Waals surface area contributed by atoms with Crippen molar-refractivity contribution in [3.63, 3.8) is 0 Å². The van der Waals surface area contributed by atoms with E-state index in [0.29, 0.717) is 12.1 Å². The largest absolute Gasteiger partial charge is 0.507 e. The molecule has 0 spiro atoms. The first-order valence-corrected chi connectivity index (χ1v) is 9.27. The molecule has 27 heavy (non-hydrogen) atoms. The van der Waals surface area contributed by atoms with Gasteiger partial charge in [-0.3, -0.25) is 9.59 Å². The number of carbonyl (C=O) groups is 2. The van der Waals surface area contributed by atoms with Gasteiger partial charge in [0.1, 0.15) is 5.76 Å². The van der Waals surface area contributed by atoms with Gasteiger partial charge in [0.15, 0.2) is 0 Å². The van der Waals surface area contributed by atoms with E-state index in [9.17, 15) is 14.7 Å². The number of carbonyl (C=O) groups excluding carboxylic acids is 2. The fourth-order valence-electron chi connectivity index (χ4n) is 3.67. The average Bonchev–Trinajstić information content (AvgIpc) is 2.88. The van der Waals surface area contributed by atoms with Gasteiger partial charge in [-0.05, 0) is 44.4 Å². The van der Waals surface area contributed by atoms with Crippen LogP contribution in [0.1, 0.15) is 47.2 Å². The third kappa shape index (κ3) is 3.39. The Bertz CT molecular complexity index is 942. The second-order valence-electron chi connectivity index (χ2n) is 7.23. The molecule has 1 atom stereocenters. The number of amides is 1. The monoisotopic (exact) mass is 363 g/mol. The third-order valence-corrected chi connectivity index (χ3v) is 5.01. The Kier molecular flexibility index (Phi) is 5.17. The molecule has 0 aliphatic carbocycles. The number of nitrogens with zero attached hydrogens (tertiary/aromatic N) is 1. The number of aliphatic hydroxyl groups excluding tert-OH is 1. The molecule has 0 radical (unpaired) electrons. The summed E-state index contributed by atoms with van der Waals surface area (Å²) in [6, 6.07) is 12.9. The first-order valence-electron chi connectivity index (χ1n) is 9.27. The fourth-order valence-corrected chi connectivity index (χ4v) is 3.67. The van der Waals surface area contributed by atoms with E-state index in [1.165, 1.54) is 0 Å². The molecule has 1 heterocycles. The highest BCUT2D eigenvalue weighted by atomic mass is 16.3. The van der Waals surface area contributed by atoms with E-state index in [1.54, 1.807) is 4.90 Å². The number of aryl methyl sites for hydroxylation is 3. The fraction of sp³-hybridized carbons (Fsp3) is 0.304. The lowest BCUT2D eigenvalue weighted by Gasteiger charge is -2.25. The molecule has 2 aromatic carbocycles. The molecular weight excluding hydrogens is 338 g/mol. The number of rotatable bonds is 4. The van der Waals surface area contributed by atoms with E-state index >= 15 is 0 Å². The number of likely N-dealkylation sites (tertiary alicyclic amines) is 1. The van der Waals surface area contributed by atoms with Crippen LogP contribution >= 0.6 is 0 Å². The van der Waals surface area contributed by atoms with E-state index in [1.807, 2.05) is 70.2 Å². The Morgan fingerprint density at radius 1 is 1.04 bits per heavy atom. The van der Waals surface area contributed by atoms with Gasteiger partial charge in [-0.1, -0.05) is 54.4 Å². The van der Waals surface area contributed by atoms with Crippen LogP contribution in [-0.4, -0.2) is 28.2 Å². The lowest BCUT2D eigenvalue weighted by Crippen LogP contribution is -2.30. The number of benzene rings is 2. The van der Waals surface area contributed by atoms with Crippen molar-refractivity contribution in [1.29, 1.82) is 0 Å². The van der Waals surface area contributed by atoms with Crippen molar-refractivity contribution in [1.82, 2.24) is 4.90 Å². The van der Waals surface area contributed by atoms with Gasteiger partial charge >= 0.3 is 0 Å². The third-order valence-electron chi connectivity index (χ3n) is 5.01. The smallest absolute Gasteiger partial charge is 0.295 e. The van der Waals surface area contributed by atoms with Gasteiger partial charge in [-0.15, -0.1) is 0 Å². The quantitative estimate of drug-likeness (QED) is 0.496. The number of hydrogen-bond donors (Lipinski definition) is 1. The van der Waals surface area contributed by atoms with Crippen molar-refractivity contribution in [2.24, 2.45) is 0 Å². The first-order chi connectivity index (χ1) is 12.8. The molecular formula is C23H25NO3. The maximum Gasteiger partial charge on any atom is 0.295 e. The van der Waals surface area contributed by atoms with Crippen molar-refractivity contribution < 1.29 is 14.7 Å². The zero-order valence-corrected chi connectivity index (χ0v) is 16.2. The molecule has 140 valence electrons. The van der Waals surface area contributed by atoms with Gasteiger partial charge in [0.25, 0.3) is 11.7 Å². The SMILES string of the molecule is CCCN1C(=O)C(=O)/C(=C(/O)c2cc(C)ccc2C)C1c1cccc(C)c1. The molecule has 1 aliphatic rings. The summed E-state index contributed by atoms with van der Waals surface area (Å²) in [6.07, 6.45) is 0.735. The van der Waals surface area contributed by atoms with Crippen LogP contribution in [0.3, 0.4) is 0 Å². The van der Waals surface area contributed by atoms with Gasteiger partial charge in [-0.25, -0.2) is 0 Å². The summed E-state index contributed by atoms with van der Waals surface area (Å²) >= 11 is 0. The minimum Gasteiger partial charge on any atom is -0.507 e. The molecule has 1 unspecified atom stereocenters. The predicted molar refractivity (Wildman–Crippen MR) is 106 cm³/mol. The zero-order chi connectivity index (χ0) is 19.7. The Morgan fingerprint density at radius 3 is 2.41 bits per heavy atom. The maximum absolute atomic E-state index is 12.9. The number of ketones is 1. The lowest BCUT2D eigenvalue weighted by atomic mass is 9.92. The van der Waals surface area contributed by atoms with E-state index in [2.05, 4.69) is 0 Å². The summed E-state index contributed by atoms with van der Waals surface area (Å²) < 4.78 is 0. The standard InChI is InChI=1S/C23H25NO3/c1-5-11-24-20(17-8-6-7-14(2)12-17)19(22(26)23(24)27)21(25)18-13-15(3)9-10-16(18)4/h6-10,12-13,20,25H,5,11H2,1-4H3/b21-19+. The summed E-state index contributed by atoms with van der Waals surface area (Å²) in [5.41, 5.74) is 4.51. The van der Waals surface area contributed by atoms with Gasteiger partial charge < -0.3 is 10.0 Å². The molecule has 0 bridgehead atoms. The maximum atomic E-state index is 12.9. The van der Waals surface area contributed by atoms with E-state index in [-0.39, 0.29) is 11.3 Å². The molecule has 4 nitrogen and oxygen atoms in total. The lowest BCUT2D eigenvalue weighted by molar-refractivity contribution is -0.139. The van der Waals surface area contributed by atoms with E-state index < -0.39 is 17.7 Å². The molecule has 1 N–H and O–H groups in total. The summed E-state index contributed by atoms with van der Waals surface area (Å²) in [6.45, 7) is 8.23. The predicted octanol–water partition coefficient (Wildman–Crippen LogP) is 4.44. The van der Waals surface area contributed by atoms with Crippen LogP contribution in [0, 0.1) is 20.8 Å². The molecule has 1 aliphatic heterocycles. The first kappa shape index (κ1) is 18.9. The van der Waals surface area contributed by atoms with Crippen LogP contribution in [0.5, 0.6) is 0 Å². The van der Waals surface area contributed by atoms with E-state index in [4.69, 9.17) is 0 Å². The van der Waals surface area contributed by atoms with Crippen molar-refractivity contribution in [3.8, 4) is 0 Å². The van der Waals surface area contributed by atoms with Gasteiger partial charge in [0.2, 0.25) is 0 Å². The molecule has 0 saturated carbocycles. The molecule has 1 amide bonds. The zero-order valence-electron chi connectivity index (χ0n) is 16.2. The Hall–Kier alpha value is -2.88. The highest BCUT2D eigenvalue weighted by molar-refractivity contribution is 6.46. The van der Waals surface area contributed by atoms with Crippen molar-refractivity contribution in [3.05, 3.63) is 75.9 Å². The Balaban J connectivity index is 2.25. The van der Waals surface area contributed by atoms with Gasteiger partial charge in [-0.2, -0.15) is 0 Å². The molecule has 3 rings (SSSR count). The summed E-state index contributed by atoms with van der Waals surface area (Å²) in [5.74, 6) is -1.26.